The number of aryl methyl sites for hydroxylation is 1. The quantitative estimate of drug-likeness (QED) is 0.871. The van der Waals surface area contributed by atoms with Gasteiger partial charge in [-0.25, -0.2) is 4.98 Å². The highest BCUT2D eigenvalue weighted by molar-refractivity contribution is 6.36. The summed E-state index contributed by atoms with van der Waals surface area (Å²) in [6.07, 6.45) is 1.67. The fourth-order valence-corrected chi connectivity index (χ4v) is 2.62. The number of hydrogen-bond acceptors (Lipinski definition) is 2. The number of fused-ring (bicyclic) bond motifs is 1. The number of pyridine rings is 1. The van der Waals surface area contributed by atoms with Crippen molar-refractivity contribution in [3.8, 4) is 0 Å². The number of carbonyl (C=O) groups is 1. The third kappa shape index (κ3) is 2.42. The normalized spacial score (nSPS) is 11.0. The Hall–Kier alpha value is -1.26. The van der Waals surface area contributed by atoms with Gasteiger partial charge in [0.05, 0.1) is 15.7 Å². The van der Waals surface area contributed by atoms with Gasteiger partial charge in [0.1, 0.15) is 5.69 Å². The molecule has 0 unspecified atom stereocenters. The van der Waals surface area contributed by atoms with Crippen molar-refractivity contribution in [3.05, 3.63) is 33.7 Å². The minimum absolute atomic E-state index is 0.0617. The molecular formula is C13H15Cl2N3O. The Morgan fingerprint density at radius 3 is 2.58 bits per heavy atom. The van der Waals surface area contributed by atoms with Crippen LogP contribution < -0.4 is 0 Å². The molecule has 1 amide bonds. The molecule has 0 bridgehead atoms. The maximum Gasteiger partial charge on any atom is 0.272 e. The topological polar surface area (TPSA) is 37.6 Å². The van der Waals surface area contributed by atoms with Gasteiger partial charge in [0.25, 0.3) is 5.91 Å². The molecule has 2 heterocycles. The minimum atomic E-state index is -0.0617. The Kier molecular flexibility index (Phi) is 4.02. The van der Waals surface area contributed by atoms with Gasteiger partial charge >= 0.3 is 0 Å². The van der Waals surface area contributed by atoms with Crippen LogP contribution in [0.1, 0.15) is 30.0 Å². The summed E-state index contributed by atoms with van der Waals surface area (Å²) in [5.41, 5.74) is 1.73. The van der Waals surface area contributed by atoms with E-state index in [0.29, 0.717) is 40.2 Å². The molecule has 0 spiro atoms. The molecule has 102 valence electrons. The fraction of sp³-hybridized carbons (Fsp3) is 0.385. The molecule has 0 aromatic carbocycles. The Balaban J connectivity index is 2.66. The van der Waals surface area contributed by atoms with E-state index >= 15 is 0 Å². The first-order chi connectivity index (χ1) is 8.99. The van der Waals surface area contributed by atoms with E-state index in [-0.39, 0.29) is 5.91 Å². The number of rotatable bonds is 3. The van der Waals surface area contributed by atoms with E-state index in [0.717, 1.165) is 0 Å². The van der Waals surface area contributed by atoms with Crippen molar-refractivity contribution in [2.75, 3.05) is 13.1 Å². The van der Waals surface area contributed by atoms with Gasteiger partial charge in [-0.15, -0.1) is 0 Å². The van der Waals surface area contributed by atoms with E-state index in [1.807, 2.05) is 13.8 Å². The SMILES string of the molecule is CCN(CC)C(=O)c1c(C)nc2c(Cl)cc(Cl)cn12. The second kappa shape index (κ2) is 5.39. The van der Waals surface area contributed by atoms with Gasteiger partial charge in [0, 0.05) is 19.3 Å². The molecule has 2 aromatic rings. The van der Waals surface area contributed by atoms with Gasteiger partial charge in [0.15, 0.2) is 5.65 Å². The Labute approximate surface area is 121 Å². The second-order valence-corrected chi connectivity index (χ2v) is 5.07. The van der Waals surface area contributed by atoms with Gasteiger partial charge in [0.2, 0.25) is 0 Å². The Morgan fingerprint density at radius 2 is 2.00 bits per heavy atom. The molecule has 0 N–H and O–H groups in total. The maximum atomic E-state index is 12.5. The number of aromatic nitrogens is 2. The summed E-state index contributed by atoms with van der Waals surface area (Å²) in [7, 11) is 0. The molecule has 2 rings (SSSR count). The lowest BCUT2D eigenvalue weighted by Gasteiger charge is -2.18. The van der Waals surface area contributed by atoms with Gasteiger partial charge in [-0.1, -0.05) is 23.2 Å². The molecule has 6 heteroatoms. The highest BCUT2D eigenvalue weighted by Gasteiger charge is 2.21. The molecule has 0 aliphatic carbocycles. The summed E-state index contributed by atoms with van der Waals surface area (Å²) in [5.74, 6) is -0.0617. The van der Waals surface area contributed by atoms with Crippen molar-refractivity contribution in [2.45, 2.75) is 20.8 Å². The molecule has 19 heavy (non-hydrogen) atoms. The molecule has 0 fully saturated rings. The predicted octanol–water partition coefficient (Wildman–Crippen LogP) is 3.43. The standard InChI is InChI=1S/C13H15Cl2N3O/c1-4-17(5-2)13(19)11-8(3)16-12-10(15)6-9(14)7-18(11)12/h6-7H,4-5H2,1-3H3. The smallest absolute Gasteiger partial charge is 0.272 e. The summed E-state index contributed by atoms with van der Waals surface area (Å²) in [4.78, 5) is 18.6. The van der Waals surface area contributed by atoms with Crippen LogP contribution in [0.3, 0.4) is 0 Å². The summed E-state index contributed by atoms with van der Waals surface area (Å²) in [6.45, 7) is 6.99. The number of halogens is 2. The average Bonchev–Trinajstić information content (AvgIpc) is 2.67. The maximum absolute atomic E-state index is 12.5. The highest BCUT2D eigenvalue weighted by Crippen LogP contribution is 2.24. The Bertz CT molecular complexity index is 632. The summed E-state index contributed by atoms with van der Waals surface area (Å²) in [6, 6.07) is 1.62. The fourth-order valence-electron chi connectivity index (χ4n) is 2.10. The highest BCUT2D eigenvalue weighted by atomic mass is 35.5. The van der Waals surface area contributed by atoms with Gasteiger partial charge in [-0.2, -0.15) is 0 Å². The molecular weight excluding hydrogens is 285 g/mol. The Morgan fingerprint density at radius 1 is 1.37 bits per heavy atom. The van der Waals surface area contributed by atoms with Crippen molar-refractivity contribution in [1.29, 1.82) is 0 Å². The monoisotopic (exact) mass is 299 g/mol. The third-order valence-electron chi connectivity index (χ3n) is 3.07. The number of hydrogen-bond donors (Lipinski definition) is 0. The summed E-state index contributed by atoms with van der Waals surface area (Å²) in [5, 5.41) is 0.915. The second-order valence-electron chi connectivity index (χ2n) is 4.22. The lowest BCUT2D eigenvalue weighted by atomic mass is 10.3. The molecule has 0 radical (unpaired) electrons. The van der Waals surface area contributed by atoms with Crippen LogP contribution in [0.5, 0.6) is 0 Å². The van der Waals surface area contributed by atoms with Crippen molar-refractivity contribution >= 4 is 34.8 Å². The number of nitrogens with zero attached hydrogens (tertiary/aromatic N) is 3. The van der Waals surface area contributed by atoms with Gasteiger partial charge in [-0.3, -0.25) is 9.20 Å². The van der Waals surface area contributed by atoms with Crippen LogP contribution >= 0.6 is 23.2 Å². The van der Waals surface area contributed by atoms with E-state index in [9.17, 15) is 4.79 Å². The van der Waals surface area contributed by atoms with Crippen LogP contribution in [0.4, 0.5) is 0 Å². The molecule has 4 nitrogen and oxygen atoms in total. The molecule has 0 aliphatic heterocycles. The van der Waals surface area contributed by atoms with Crippen LogP contribution in [-0.4, -0.2) is 33.3 Å². The lowest BCUT2D eigenvalue weighted by molar-refractivity contribution is 0.0765. The van der Waals surface area contributed by atoms with E-state index in [2.05, 4.69) is 4.98 Å². The lowest BCUT2D eigenvalue weighted by Crippen LogP contribution is -2.31. The first-order valence-electron chi connectivity index (χ1n) is 6.12. The van der Waals surface area contributed by atoms with Crippen LogP contribution in [0.15, 0.2) is 12.3 Å². The average molecular weight is 300 g/mol. The van der Waals surface area contributed by atoms with Crippen molar-refractivity contribution in [1.82, 2.24) is 14.3 Å². The predicted molar refractivity (Wildman–Crippen MR) is 77.2 cm³/mol. The molecule has 0 saturated heterocycles. The molecule has 0 aliphatic rings. The van der Waals surface area contributed by atoms with Crippen LogP contribution in [-0.2, 0) is 0 Å². The van der Waals surface area contributed by atoms with E-state index in [4.69, 9.17) is 23.2 Å². The largest absolute Gasteiger partial charge is 0.338 e. The van der Waals surface area contributed by atoms with Gasteiger partial charge < -0.3 is 4.90 Å². The van der Waals surface area contributed by atoms with E-state index in [1.165, 1.54) is 0 Å². The third-order valence-corrected chi connectivity index (χ3v) is 3.55. The number of carbonyl (C=O) groups excluding carboxylic acids is 1. The first kappa shape index (κ1) is 14.2. The van der Waals surface area contributed by atoms with Crippen LogP contribution in [0.2, 0.25) is 10.0 Å². The first-order valence-corrected chi connectivity index (χ1v) is 6.88. The minimum Gasteiger partial charge on any atom is -0.338 e. The van der Waals surface area contributed by atoms with Crippen molar-refractivity contribution in [2.24, 2.45) is 0 Å². The number of amides is 1. The molecule has 0 saturated carbocycles. The van der Waals surface area contributed by atoms with Gasteiger partial charge in [-0.05, 0) is 26.8 Å². The zero-order valence-corrected chi connectivity index (χ0v) is 12.6. The zero-order valence-electron chi connectivity index (χ0n) is 11.1. The van der Waals surface area contributed by atoms with Crippen molar-refractivity contribution < 1.29 is 4.79 Å². The number of imidazole rings is 1. The summed E-state index contributed by atoms with van der Waals surface area (Å²) >= 11 is 12.1. The molecule has 0 atom stereocenters. The van der Waals surface area contributed by atoms with Crippen molar-refractivity contribution in [3.63, 3.8) is 0 Å². The summed E-state index contributed by atoms with van der Waals surface area (Å²) < 4.78 is 1.67. The van der Waals surface area contributed by atoms with E-state index in [1.54, 1.807) is 28.5 Å². The van der Waals surface area contributed by atoms with E-state index < -0.39 is 0 Å². The zero-order chi connectivity index (χ0) is 14.2. The van der Waals surface area contributed by atoms with Crippen LogP contribution in [0, 0.1) is 6.92 Å². The van der Waals surface area contributed by atoms with Crippen LogP contribution in [0.25, 0.3) is 5.65 Å². The molecule has 2 aromatic heterocycles.